The average molecular weight is 211 g/mol. The zero-order chi connectivity index (χ0) is 11.2. The van der Waals surface area contributed by atoms with Crippen LogP contribution in [-0.4, -0.2) is 32.2 Å². The van der Waals surface area contributed by atoms with Crippen LogP contribution in [0.4, 0.5) is 13.2 Å². The number of methoxy groups -OCH3 is 1. The molecule has 0 aromatic heterocycles. The van der Waals surface area contributed by atoms with Crippen molar-refractivity contribution < 1.29 is 22.7 Å². The Kier molecular flexibility index (Phi) is 5.22. The summed E-state index contributed by atoms with van der Waals surface area (Å²) >= 11 is 0. The molecule has 0 radical (unpaired) electrons. The molecular weight excluding hydrogens is 199 g/mol. The predicted octanol–water partition coefficient (Wildman–Crippen LogP) is 1.26. The molecule has 0 amide bonds. The Morgan fingerprint density at radius 1 is 1.50 bits per heavy atom. The fourth-order valence-corrected chi connectivity index (χ4v) is 0.680. The fraction of sp³-hybridized carbons (Fsp3) is 0.625. The highest BCUT2D eigenvalue weighted by molar-refractivity contribution is 5.94. The van der Waals surface area contributed by atoms with Crippen LogP contribution in [0.2, 0.25) is 0 Å². The van der Waals surface area contributed by atoms with Gasteiger partial charge in [0.25, 0.3) is 5.78 Å². The number of ether oxygens (including phenoxy) is 1. The molecule has 0 saturated heterocycles. The number of ketones is 1. The molecule has 14 heavy (non-hydrogen) atoms. The molecule has 3 nitrogen and oxygen atoms in total. The van der Waals surface area contributed by atoms with Crippen molar-refractivity contribution >= 4 is 5.78 Å². The summed E-state index contributed by atoms with van der Waals surface area (Å²) in [6.07, 6.45) is -4.28. The molecule has 0 spiro atoms. The summed E-state index contributed by atoms with van der Waals surface area (Å²) < 4.78 is 39.9. The van der Waals surface area contributed by atoms with Gasteiger partial charge in [0.2, 0.25) is 0 Å². The van der Waals surface area contributed by atoms with Gasteiger partial charge in [0.05, 0.1) is 6.61 Å². The van der Waals surface area contributed by atoms with Crippen LogP contribution < -0.4 is 5.32 Å². The van der Waals surface area contributed by atoms with Gasteiger partial charge in [-0.05, 0) is 6.92 Å². The minimum atomic E-state index is -4.80. The van der Waals surface area contributed by atoms with Crippen LogP contribution in [0, 0.1) is 0 Å². The summed E-state index contributed by atoms with van der Waals surface area (Å²) in [6, 6.07) is 0. The lowest BCUT2D eigenvalue weighted by Gasteiger charge is -2.06. The zero-order valence-electron chi connectivity index (χ0n) is 7.94. The predicted molar refractivity (Wildman–Crippen MR) is 44.7 cm³/mol. The molecule has 1 N–H and O–H groups in total. The van der Waals surface area contributed by atoms with E-state index in [1.165, 1.54) is 14.0 Å². The Bertz CT molecular complexity index is 223. The summed E-state index contributed by atoms with van der Waals surface area (Å²) in [6.45, 7) is 2.12. The van der Waals surface area contributed by atoms with Gasteiger partial charge in [-0.1, -0.05) is 0 Å². The van der Waals surface area contributed by atoms with Gasteiger partial charge in [0.15, 0.2) is 0 Å². The Hall–Kier alpha value is -1.04. The van der Waals surface area contributed by atoms with Crippen LogP contribution in [0.5, 0.6) is 0 Å². The highest BCUT2D eigenvalue weighted by atomic mass is 19.4. The van der Waals surface area contributed by atoms with Gasteiger partial charge in [0.1, 0.15) is 0 Å². The number of carbonyl (C=O) groups excluding carboxylic acids is 1. The van der Waals surface area contributed by atoms with Gasteiger partial charge >= 0.3 is 6.18 Å². The number of halogens is 3. The molecule has 6 heteroatoms. The molecule has 0 atom stereocenters. The van der Waals surface area contributed by atoms with Crippen molar-refractivity contribution in [3.8, 4) is 0 Å². The van der Waals surface area contributed by atoms with Crippen molar-refractivity contribution in [1.82, 2.24) is 5.32 Å². The maximum absolute atomic E-state index is 11.8. The van der Waals surface area contributed by atoms with Gasteiger partial charge in [-0.2, -0.15) is 13.2 Å². The molecule has 0 aliphatic carbocycles. The number of alkyl halides is 3. The van der Waals surface area contributed by atoms with E-state index >= 15 is 0 Å². The van der Waals surface area contributed by atoms with Gasteiger partial charge in [-0.3, -0.25) is 4.79 Å². The van der Waals surface area contributed by atoms with E-state index in [1.54, 1.807) is 0 Å². The maximum Gasteiger partial charge on any atom is 0.454 e. The average Bonchev–Trinajstić information content (AvgIpc) is 2.03. The van der Waals surface area contributed by atoms with Gasteiger partial charge in [-0.25, -0.2) is 0 Å². The third-order valence-electron chi connectivity index (χ3n) is 1.34. The minimum absolute atomic E-state index is 0.171. The van der Waals surface area contributed by atoms with E-state index in [9.17, 15) is 18.0 Å². The zero-order valence-corrected chi connectivity index (χ0v) is 7.94. The van der Waals surface area contributed by atoms with Crippen molar-refractivity contribution in [2.75, 3.05) is 20.3 Å². The van der Waals surface area contributed by atoms with Crippen molar-refractivity contribution in [2.24, 2.45) is 0 Å². The molecule has 0 saturated carbocycles. The van der Waals surface area contributed by atoms with Crippen LogP contribution in [0.15, 0.2) is 11.8 Å². The number of hydrogen-bond donors (Lipinski definition) is 1. The molecule has 0 aromatic carbocycles. The van der Waals surface area contributed by atoms with Crippen molar-refractivity contribution in [3.05, 3.63) is 11.8 Å². The molecule has 0 heterocycles. The number of allylic oxidation sites excluding steroid dienone is 2. The fourth-order valence-electron chi connectivity index (χ4n) is 0.680. The largest absolute Gasteiger partial charge is 0.454 e. The second-order valence-electron chi connectivity index (χ2n) is 2.61. The van der Waals surface area contributed by atoms with Crippen molar-refractivity contribution in [2.45, 2.75) is 13.1 Å². The van der Waals surface area contributed by atoms with E-state index in [-0.39, 0.29) is 5.70 Å². The lowest BCUT2D eigenvalue weighted by Crippen LogP contribution is -2.23. The second kappa shape index (κ2) is 5.64. The molecule has 0 unspecified atom stereocenters. The topological polar surface area (TPSA) is 38.3 Å². The van der Waals surface area contributed by atoms with Crippen LogP contribution in [0.1, 0.15) is 6.92 Å². The summed E-state index contributed by atoms with van der Waals surface area (Å²) in [4.78, 5) is 10.4. The van der Waals surface area contributed by atoms with E-state index in [4.69, 9.17) is 0 Å². The number of carbonyl (C=O) groups is 1. The maximum atomic E-state index is 11.8. The summed E-state index contributed by atoms with van der Waals surface area (Å²) in [7, 11) is 1.47. The summed E-state index contributed by atoms with van der Waals surface area (Å²) in [5.41, 5.74) is 0.171. The summed E-state index contributed by atoms with van der Waals surface area (Å²) in [5.74, 6) is -1.86. The smallest absolute Gasteiger partial charge is 0.386 e. The first-order chi connectivity index (χ1) is 6.38. The molecule has 0 bridgehead atoms. The highest BCUT2D eigenvalue weighted by Gasteiger charge is 2.36. The lowest BCUT2D eigenvalue weighted by atomic mass is 10.3. The Morgan fingerprint density at radius 3 is 2.50 bits per heavy atom. The number of nitrogens with one attached hydrogen (secondary N) is 1. The van der Waals surface area contributed by atoms with E-state index in [0.29, 0.717) is 19.2 Å². The van der Waals surface area contributed by atoms with Gasteiger partial charge in [-0.15, -0.1) is 0 Å². The molecule has 0 aliphatic heterocycles. The van der Waals surface area contributed by atoms with Gasteiger partial charge in [0, 0.05) is 25.4 Å². The number of hydrogen-bond acceptors (Lipinski definition) is 3. The third-order valence-corrected chi connectivity index (χ3v) is 1.34. The lowest BCUT2D eigenvalue weighted by molar-refractivity contribution is -0.165. The minimum Gasteiger partial charge on any atom is -0.386 e. The van der Waals surface area contributed by atoms with E-state index in [2.05, 4.69) is 10.1 Å². The Morgan fingerprint density at radius 2 is 2.07 bits per heavy atom. The van der Waals surface area contributed by atoms with Crippen LogP contribution in [-0.2, 0) is 9.53 Å². The molecule has 82 valence electrons. The molecule has 0 rings (SSSR count). The molecule has 0 fully saturated rings. The molecular formula is C8H12F3NO2. The summed E-state index contributed by atoms with van der Waals surface area (Å²) in [5, 5.41) is 2.60. The van der Waals surface area contributed by atoms with Crippen LogP contribution in [0.3, 0.4) is 0 Å². The second-order valence-corrected chi connectivity index (χ2v) is 2.61. The first-order valence-electron chi connectivity index (χ1n) is 3.90. The first kappa shape index (κ1) is 13.0. The Balaban J connectivity index is 4.04. The van der Waals surface area contributed by atoms with Crippen molar-refractivity contribution in [1.29, 1.82) is 0 Å². The van der Waals surface area contributed by atoms with E-state index in [0.717, 1.165) is 0 Å². The SMILES string of the molecule is COCCNC(C)=CC(=O)C(F)(F)F. The first-order valence-corrected chi connectivity index (χ1v) is 3.90. The Labute approximate surface area is 79.9 Å². The quantitative estimate of drug-likeness (QED) is 0.549. The number of rotatable bonds is 5. The molecule has 0 aliphatic rings. The third kappa shape index (κ3) is 5.58. The van der Waals surface area contributed by atoms with E-state index < -0.39 is 12.0 Å². The van der Waals surface area contributed by atoms with Crippen molar-refractivity contribution in [3.63, 3.8) is 0 Å². The van der Waals surface area contributed by atoms with Gasteiger partial charge < -0.3 is 10.1 Å². The standard InChI is InChI=1S/C8H12F3NO2/c1-6(12-3-4-14-2)5-7(13)8(9,10)11/h5,12H,3-4H2,1-2H3. The normalized spacial score (nSPS) is 12.8. The molecule has 0 aromatic rings. The van der Waals surface area contributed by atoms with Crippen LogP contribution >= 0.6 is 0 Å². The monoisotopic (exact) mass is 211 g/mol. The van der Waals surface area contributed by atoms with E-state index in [1.807, 2.05) is 0 Å². The highest BCUT2D eigenvalue weighted by Crippen LogP contribution is 2.16. The van der Waals surface area contributed by atoms with Crippen LogP contribution in [0.25, 0.3) is 0 Å².